The van der Waals surface area contributed by atoms with Crippen molar-refractivity contribution in [2.45, 2.75) is 24.3 Å². The zero-order valence-corrected chi connectivity index (χ0v) is 19.8. The molecule has 1 saturated heterocycles. The molecule has 2 aliphatic rings. The smallest absolute Gasteiger partial charge is 0.241 e. The van der Waals surface area contributed by atoms with Gasteiger partial charge in [0.1, 0.15) is 28.2 Å². The molecule has 5 rings (SSSR count). The molecule has 0 bridgehead atoms. The molecule has 2 heterocycles. The Morgan fingerprint density at radius 1 is 0.889 bits per heavy atom. The minimum atomic E-state index is -4.34. The SMILES string of the molecule is C[C@H]1Cc2cc(F)c(S(N)(=O)=O)cc2N1C(=O)C1CN(c2cc(F)c(-c3ccccc3F)cc2F)C1. The molecule has 2 N–H and O–H groups in total. The summed E-state index contributed by atoms with van der Waals surface area (Å²) in [7, 11) is -4.34. The summed E-state index contributed by atoms with van der Waals surface area (Å²) >= 11 is 0. The van der Waals surface area contributed by atoms with E-state index in [1.165, 1.54) is 28.0 Å². The molecule has 11 heteroatoms. The van der Waals surface area contributed by atoms with Crippen LogP contribution in [0.15, 0.2) is 53.4 Å². The first-order valence-corrected chi connectivity index (χ1v) is 12.7. The van der Waals surface area contributed by atoms with E-state index in [1.807, 2.05) is 0 Å². The van der Waals surface area contributed by atoms with Crippen LogP contribution < -0.4 is 14.9 Å². The number of carbonyl (C=O) groups is 1. The van der Waals surface area contributed by atoms with Crippen LogP contribution in [-0.4, -0.2) is 33.5 Å². The zero-order chi connectivity index (χ0) is 25.9. The predicted octanol–water partition coefficient (Wildman–Crippen LogP) is 3.97. The van der Waals surface area contributed by atoms with Gasteiger partial charge in [-0.15, -0.1) is 0 Å². The number of sulfonamides is 1. The minimum Gasteiger partial charge on any atom is -0.367 e. The monoisotopic (exact) mass is 519 g/mol. The number of benzene rings is 3. The van der Waals surface area contributed by atoms with Crippen LogP contribution in [0.2, 0.25) is 0 Å². The maximum atomic E-state index is 14.9. The molecule has 1 fully saturated rings. The molecule has 3 aromatic rings. The standard InChI is InChI=1S/C25H21F4N3O3S/c1-13-6-14-7-21(29)24(36(30,34)35)10-22(14)32(13)25(33)15-11-31(12-15)23-9-19(27)17(8-20(23)28)16-4-2-3-5-18(16)26/h2-5,7-10,13,15H,6,11-12H2,1H3,(H2,30,34,35)/t13-/m0/s1. The maximum Gasteiger partial charge on any atom is 0.241 e. The Morgan fingerprint density at radius 3 is 2.25 bits per heavy atom. The van der Waals surface area contributed by atoms with Crippen molar-refractivity contribution in [3.8, 4) is 11.1 Å². The number of hydrogen-bond donors (Lipinski definition) is 1. The Kier molecular flexibility index (Phi) is 5.79. The van der Waals surface area contributed by atoms with Gasteiger partial charge in [-0.2, -0.15) is 0 Å². The topological polar surface area (TPSA) is 83.7 Å². The van der Waals surface area contributed by atoms with Gasteiger partial charge < -0.3 is 9.80 Å². The third-order valence-electron chi connectivity index (χ3n) is 6.66. The Morgan fingerprint density at radius 2 is 1.58 bits per heavy atom. The molecule has 36 heavy (non-hydrogen) atoms. The highest BCUT2D eigenvalue weighted by Crippen LogP contribution is 2.39. The van der Waals surface area contributed by atoms with Gasteiger partial charge in [0.25, 0.3) is 0 Å². The van der Waals surface area contributed by atoms with Crippen LogP contribution in [0.1, 0.15) is 12.5 Å². The van der Waals surface area contributed by atoms with Crippen LogP contribution in [-0.2, 0) is 21.2 Å². The number of nitrogens with zero attached hydrogens (tertiary/aromatic N) is 2. The fraction of sp³-hybridized carbons (Fsp3) is 0.240. The zero-order valence-electron chi connectivity index (χ0n) is 19.0. The van der Waals surface area contributed by atoms with E-state index in [0.717, 1.165) is 30.3 Å². The number of anilines is 2. The number of fused-ring (bicyclic) bond motifs is 1. The highest BCUT2D eigenvalue weighted by Gasteiger charge is 2.42. The van der Waals surface area contributed by atoms with Crippen molar-refractivity contribution < 1.29 is 30.8 Å². The quantitative estimate of drug-likeness (QED) is 0.529. The van der Waals surface area contributed by atoms with Gasteiger partial charge in [-0.05, 0) is 43.2 Å². The number of hydrogen-bond acceptors (Lipinski definition) is 4. The Bertz CT molecular complexity index is 1510. The van der Waals surface area contributed by atoms with Crippen molar-refractivity contribution in [3.05, 3.63) is 77.4 Å². The van der Waals surface area contributed by atoms with Crippen LogP contribution in [0.4, 0.5) is 28.9 Å². The number of rotatable bonds is 4. The third kappa shape index (κ3) is 4.01. The average molecular weight is 520 g/mol. The van der Waals surface area contributed by atoms with Gasteiger partial charge >= 0.3 is 0 Å². The van der Waals surface area contributed by atoms with Crippen molar-refractivity contribution in [2.24, 2.45) is 11.1 Å². The Hall–Kier alpha value is -3.44. The summed E-state index contributed by atoms with van der Waals surface area (Å²) in [4.78, 5) is 15.5. The highest BCUT2D eigenvalue weighted by atomic mass is 32.2. The van der Waals surface area contributed by atoms with Crippen molar-refractivity contribution in [3.63, 3.8) is 0 Å². The highest BCUT2D eigenvalue weighted by molar-refractivity contribution is 7.89. The van der Waals surface area contributed by atoms with Crippen molar-refractivity contribution in [1.29, 1.82) is 0 Å². The van der Waals surface area contributed by atoms with Gasteiger partial charge in [-0.3, -0.25) is 4.79 Å². The van der Waals surface area contributed by atoms with Crippen LogP contribution in [0.5, 0.6) is 0 Å². The second-order valence-electron chi connectivity index (χ2n) is 9.08. The third-order valence-corrected chi connectivity index (χ3v) is 7.59. The van der Waals surface area contributed by atoms with Crippen LogP contribution in [0, 0.1) is 29.2 Å². The lowest BCUT2D eigenvalue weighted by molar-refractivity contribution is -0.123. The van der Waals surface area contributed by atoms with Crippen LogP contribution in [0.3, 0.4) is 0 Å². The fourth-order valence-electron chi connectivity index (χ4n) is 4.87. The number of amides is 1. The van der Waals surface area contributed by atoms with Crippen molar-refractivity contribution in [1.82, 2.24) is 0 Å². The molecule has 3 aromatic carbocycles. The van der Waals surface area contributed by atoms with E-state index in [0.29, 0.717) is 12.0 Å². The second kappa shape index (κ2) is 8.59. The number of carbonyl (C=O) groups excluding carboxylic acids is 1. The van der Waals surface area contributed by atoms with Crippen molar-refractivity contribution >= 4 is 27.3 Å². The van der Waals surface area contributed by atoms with Gasteiger partial charge in [0.15, 0.2) is 0 Å². The number of primary sulfonamides is 1. The molecule has 6 nitrogen and oxygen atoms in total. The lowest BCUT2D eigenvalue weighted by atomic mass is 9.95. The van der Waals surface area contributed by atoms with Gasteiger partial charge in [0.05, 0.1) is 11.6 Å². The molecule has 0 unspecified atom stereocenters. The van der Waals surface area contributed by atoms with E-state index in [9.17, 15) is 30.8 Å². The fourth-order valence-corrected chi connectivity index (χ4v) is 5.47. The van der Waals surface area contributed by atoms with E-state index in [-0.39, 0.29) is 47.5 Å². The first kappa shape index (κ1) is 24.3. The first-order chi connectivity index (χ1) is 17.0. The predicted molar refractivity (Wildman–Crippen MR) is 126 cm³/mol. The number of nitrogens with two attached hydrogens (primary N) is 1. The van der Waals surface area contributed by atoms with E-state index in [4.69, 9.17) is 5.14 Å². The lowest BCUT2D eigenvalue weighted by Gasteiger charge is -2.42. The molecular formula is C25H21F4N3O3S. The molecule has 0 radical (unpaired) electrons. The van der Waals surface area contributed by atoms with E-state index >= 15 is 0 Å². The van der Waals surface area contributed by atoms with E-state index in [1.54, 1.807) is 6.92 Å². The normalized spacial score (nSPS) is 17.8. The Labute approximate surface area is 205 Å². The van der Waals surface area contributed by atoms with E-state index < -0.39 is 44.1 Å². The van der Waals surface area contributed by atoms with Gasteiger partial charge in [0, 0.05) is 42.0 Å². The summed E-state index contributed by atoms with van der Waals surface area (Å²) in [5.41, 5.74) is 0.429. The molecule has 2 aliphatic heterocycles. The summed E-state index contributed by atoms with van der Waals surface area (Å²) in [5, 5.41) is 5.11. The van der Waals surface area contributed by atoms with Gasteiger partial charge in [-0.25, -0.2) is 31.1 Å². The van der Waals surface area contributed by atoms with Crippen molar-refractivity contribution in [2.75, 3.05) is 22.9 Å². The van der Waals surface area contributed by atoms with Crippen LogP contribution >= 0.6 is 0 Å². The summed E-state index contributed by atoms with van der Waals surface area (Å²) in [5.74, 6) is -4.13. The molecule has 0 saturated carbocycles. The average Bonchev–Trinajstić information content (AvgIpc) is 3.08. The molecule has 0 spiro atoms. The molecule has 1 amide bonds. The van der Waals surface area contributed by atoms with E-state index in [2.05, 4.69) is 0 Å². The maximum absolute atomic E-state index is 14.9. The minimum absolute atomic E-state index is 0.0508. The molecule has 1 atom stereocenters. The molecular weight excluding hydrogens is 498 g/mol. The summed E-state index contributed by atoms with van der Waals surface area (Å²) in [6.45, 7) is 1.94. The largest absolute Gasteiger partial charge is 0.367 e. The van der Waals surface area contributed by atoms with Crippen LogP contribution in [0.25, 0.3) is 11.1 Å². The molecule has 0 aromatic heterocycles. The molecule has 188 valence electrons. The summed E-state index contributed by atoms with van der Waals surface area (Å²) < 4.78 is 81.4. The second-order valence-corrected chi connectivity index (χ2v) is 10.6. The lowest BCUT2D eigenvalue weighted by Crippen LogP contribution is -2.56. The Balaban J connectivity index is 1.36. The summed E-state index contributed by atoms with van der Waals surface area (Å²) in [6.07, 6.45) is 0.330. The van der Waals surface area contributed by atoms with Gasteiger partial charge in [0.2, 0.25) is 15.9 Å². The van der Waals surface area contributed by atoms with Gasteiger partial charge in [-0.1, -0.05) is 18.2 Å². The summed E-state index contributed by atoms with van der Waals surface area (Å²) in [6, 6.07) is 9.17. The first-order valence-electron chi connectivity index (χ1n) is 11.1. The molecule has 0 aliphatic carbocycles. The number of halogens is 4.